The Labute approximate surface area is 89.8 Å². The van der Waals surface area contributed by atoms with Gasteiger partial charge >= 0.3 is 0 Å². The molecule has 1 N–H and O–H groups in total. The number of aryl methyl sites for hydroxylation is 1. The van der Waals surface area contributed by atoms with Crippen molar-refractivity contribution in [3.05, 3.63) is 16.1 Å². The van der Waals surface area contributed by atoms with Crippen LogP contribution in [-0.2, 0) is 13.0 Å². The van der Waals surface area contributed by atoms with Crippen LogP contribution in [0.15, 0.2) is 6.20 Å². The highest BCUT2D eigenvalue weighted by molar-refractivity contribution is 7.11. The van der Waals surface area contributed by atoms with E-state index in [1.54, 1.807) is 0 Å². The zero-order chi connectivity index (χ0) is 9.97. The summed E-state index contributed by atoms with van der Waals surface area (Å²) in [6.45, 7) is 5.44. The fourth-order valence-electron chi connectivity index (χ4n) is 1.62. The molecule has 78 valence electrons. The molecule has 1 aliphatic rings. The van der Waals surface area contributed by atoms with Crippen LogP contribution in [0.3, 0.4) is 0 Å². The van der Waals surface area contributed by atoms with E-state index in [2.05, 4.69) is 24.1 Å². The van der Waals surface area contributed by atoms with Gasteiger partial charge in [0.15, 0.2) is 0 Å². The molecule has 0 bridgehead atoms. The van der Waals surface area contributed by atoms with Crippen molar-refractivity contribution >= 4 is 11.3 Å². The molecule has 1 unspecified atom stereocenters. The van der Waals surface area contributed by atoms with Gasteiger partial charge in [-0.25, -0.2) is 4.98 Å². The number of nitrogens with one attached hydrogen (secondary N) is 1. The van der Waals surface area contributed by atoms with Crippen LogP contribution in [0.2, 0.25) is 0 Å². The summed E-state index contributed by atoms with van der Waals surface area (Å²) in [6.07, 6.45) is 5.90. The molecule has 2 rings (SSSR count). The second-order valence-corrected chi connectivity index (χ2v) is 5.28. The Morgan fingerprint density at radius 3 is 3.00 bits per heavy atom. The summed E-state index contributed by atoms with van der Waals surface area (Å²) in [5, 5.41) is 4.82. The Kier molecular flexibility index (Phi) is 3.19. The number of thiazole rings is 1. The molecule has 0 amide bonds. The first-order valence-corrected chi connectivity index (χ1v) is 6.28. The van der Waals surface area contributed by atoms with Crippen molar-refractivity contribution in [2.24, 2.45) is 5.92 Å². The zero-order valence-corrected chi connectivity index (χ0v) is 9.73. The monoisotopic (exact) mass is 210 g/mol. The predicted molar refractivity (Wildman–Crippen MR) is 60.5 cm³/mol. The molecule has 0 spiro atoms. The SMILES string of the molecule is CCc1ncc(CNC(C)C2CC2)s1. The minimum Gasteiger partial charge on any atom is -0.309 e. The smallest absolute Gasteiger partial charge is 0.0925 e. The summed E-state index contributed by atoms with van der Waals surface area (Å²) in [4.78, 5) is 5.72. The number of rotatable bonds is 5. The summed E-state index contributed by atoms with van der Waals surface area (Å²) in [7, 11) is 0. The highest BCUT2D eigenvalue weighted by Gasteiger charge is 2.27. The van der Waals surface area contributed by atoms with E-state index in [1.165, 1.54) is 22.7 Å². The highest BCUT2D eigenvalue weighted by atomic mass is 32.1. The first-order chi connectivity index (χ1) is 6.79. The van der Waals surface area contributed by atoms with Gasteiger partial charge in [0.25, 0.3) is 0 Å². The van der Waals surface area contributed by atoms with Crippen LogP contribution in [0.4, 0.5) is 0 Å². The number of nitrogens with zero attached hydrogens (tertiary/aromatic N) is 1. The zero-order valence-electron chi connectivity index (χ0n) is 8.92. The van der Waals surface area contributed by atoms with Crippen molar-refractivity contribution in [3.8, 4) is 0 Å². The lowest BCUT2D eigenvalue weighted by Gasteiger charge is -2.10. The normalized spacial score (nSPS) is 18.4. The third-order valence-electron chi connectivity index (χ3n) is 2.83. The lowest BCUT2D eigenvalue weighted by atomic mass is 10.2. The molecule has 1 fully saturated rings. The van der Waals surface area contributed by atoms with Gasteiger partial charge in [0.1, 0.15) is 0 Å². The summed E-state index contributed by atoms with van der Waals surface area (Å²) in [5.74, 6) is 0.938. The average Bonchev–Trinajstić information content (AvgIpc) is 2.94. The first kappa shape index (κ1) is 10.1. The maximum Gasteiger partial charge on any atom is 0.0925 e. The van der Waals surface area contributed by atoms with Gasteiger partial charge in [-0.05, 0) is 32.1 Å². The second kappa shape index (κ2) is 4.41. The Balaban J connectivity index is 1.78. The van der Waals surface area contributed by atoms with E-state index in [9.17, 15) is 0 Å². The quantitative estimate of drug-likeness (QED) is 0.808. The van der Waals surface area contributed by atoms with Crippen LogP contribution in [0.5, 0.6) is 0 Å². The standard InChI is InChI=1S/C11H18N2S/c1-3-11-13-7-10(14-11)6-12-8(2)9-4-5-9/h7-9,12H,3-6H2,1-2H3. The van der Waals surface area contributed by atoms with Gasteiger partial charge in [-0.1, -0.05) is 6.92 Å². The van der Waals surface area contributed by atoms with Gasteiger partial charge in [-0.3, -0.25) is 0 Å². The van der Waals surface area contributed by atoms with Crippen LogP contribution in [0, 0.1) is 5.92 Å². The van der Waals surface area contributed by atoms with E-state index in [0.29, 0.717) is 6.04 Å². The number of hydrogen-bond acceptors (Lipinski definition) is 3. The molecule has 0 radical (unpaired) electrons. The minimum atomic E-state index is 0.683. The lowest BCUT2D eigenvalue weighted by molar-refractivity contribution is 0.498. The van der Waals surface area contributed by atoms with Crippen molar-refractivity contribution in [2.45, 2.75) is 45.7 Å². The Morgan fingerprint density at radius 2 is 2.43 bits per heavy atom. The van der Waals surface area contributed by atoms with Crippen molar-refractivity contribution < 1.29 is 0 Å². The second-order valence-electron chi connectivity index (χ2n) is 4.08. The number of hydrogen-bond donors (Lipinski definition) is 1. The molecular formula is C11H18N2S. The van der Waals surface area contributed by atoms with Crippen LogP contribution in [-0.4, -0.2) is 11.0 Å². The summed E-state index contributed by atoms with van der Waals surface area (Å²) >= 11 is 1.83. The summed E-state index contributed by atoms with van der Waals surface area (Å²) in [6, 6.07) is 0.683. The fourth-order valence-corrected chi connectivity index (χ4v) is 2.43. The Morgan fingerprint density at radius 1 is 1.64 bits per heavy atom. The summed E-state index contributed by atoms with van der Waals surface area (Å²) < 4.78 is 0. The molecule has 0 aromatic carbocycles. The largest absolute Gasteiger partial charge is 0.309 e. The van der Waals surface area contributed by atoms with Crippen molar-refractivity contribution in [2.75, 3.05) is 0 Å². The first-order valence-electron chi connectivity index (χ1n) is 5.46. The molecule has 2 nitrogen and oxygen atoms in total. The average molecular weight is 210 g/mol. The molecule has 1 aromatic heterocycles. The van der Waals surface area contributed by atoms with Gasteiger partial charge in [-0.15, -0.1) is 11.3 Å². The Hall–Kier alpha value is -0.410. The van der Waals surface area contributed by atoms with E-state index in [0.717, 1.165) is 18.9 Å². The molecule has 0 saturated heterocycles. The van der Waals surface area contributed by atoms with Gasteiger partial charge in [0.2, 0.25) is 0 Å². The third kappa shape index (κ3) is 2.55. The van der Waals surface area contributed by atoms with Gasteiger partial charge in [0.05, 0.1) is 5.01 Å². The van der Waals surface area contributed by atoms with Crippen molar-refractivity contribution in [1.82, 2.24) is 10.3 Å². The van der Waals surface area contributed by atoms with E-state index < -0.39 is 0 Å². The van der Waals surface area contributed by atoms with Crippen molar-refractivity contribution in [3.63, 3.8) is 0 Å². The van der Waals surface area contributed by atoms with Gasteiger partial charge in [0, 0.05) is 23.7 Å². The molecule has 1 heterocycles. The van der Waals surface area contributed by atoms with Crippen molar-refractivity contribution in [1.29, 1.82) is 0 Å². The minimum absolute atomic E-state index is 0.683. The fraction of sp³-hybridized carbons (Fsp3) is 0.727. The molecule has 1 aliphatic carbocycles. The molecule has 3 heteroatoms. The van der Waals surface area contributed by atoms with E-state index >= 15 is 0 Å². The Bertz CT molecular complexity index is 291. The highest BCUT2D eigenvalue weighted by Crippen LogP contribution is 2.32. The van der Waals surface area contributed by atoms with E-state index in [4.69, 9.17) is 0 Å². The maximum absolute atomic E-state index is 4.35. The topological polar surface area (TPSA) is 24.9 Å². The third-order valence-corrected chi connectivity index (χ3v) is 3.97. The molecule has 1 saturated carbocycles. The maximum atomic E-state index is 4.35. The summed E-state index contributed by atoms with van der Waals surface area (Å²) in [5.41, 5.74) is 0. The molecule has 14 heavy (non-hydrogen) atoms. The van der Waals surface area contributed by atoms with Gasteiger partial charge < -0.3 is 5.32 Å². The van der Waals surface area contributed by atoms with E-state index in [-0.39, 0.29) is 0 Å². The molecule has 0 aliphatic heterocycles. The molecular weight excluding hydrogens is 192 g/mol. The lowest BCUT2D eigenvalue weighted by Crippen LogP contribution is -2.26. The number of aromatic nitrogens is 1. The van der Waals surface area contributed by atoms with Crippen LogP contribution < -0.4 is 5.32 Å². The van der Waals surface area contributed by atoms with E-state index in [1.807, 2.05) is 17.5 Å². The van der Waals surface area contributed by atoms with Crippen LogP contribution in [0.1, 0.15) is 36.6 Å². The predicted octanol–water partition coefficient (Wildman–Crippen LogP) is 2.59. The van der Waals surface area contributed by atoms with Gasteiger partial charge in [-0.2, -0.15) is 0 Å². The molecule has 1 aromatic rings. The molecule has 1 atom stereocenters. The van der Waals surface area contributed by atoms with Crippen LogP contribution in [0.25, 0.3) is 0 Å². The van der Waals surface area contributed by atoms with Crippen LogP contribution >= 0.6 is 11.3 Å².